The van der Waals surface area contributed by atoms with Gasteiger partial charge in [-0.1, -0.05) is 23.7 Å². The number of fused-ring (bicyclic) bond motifs is 1. The highest BCUT2D eigenvalue weighted by Gasteiger charge is 2.13. The Morgan fingerprint density at radius 3 is 2.88 bits per heavy atom. The molecule has 3 aromatic rings. The molecule has 0 saturated carbocycles. The number of aromatic nitrogens is 3. The molecule has 1 aliphatic heterocycles. The molecule has 2 heterocycles. The monoisotopic (exact) mass is 369 g/mol. The molecule has 4 rings (SSSR count). The fourth-order valence-electron chi connectivity index (χ4n) is 2.48. The number of halogens is 1. The molecule has 0 unspecified atom stereocenters. The minimum atomic E-state index is 0.264. The van der Waals surface area contributed by atoms with Crippen molar-refractivity contribution in [2.24, 2.45) is 0 Å². The van der Waals surface area contributed by atoms with Crippen molar-refractivity contribution >= 4 is 29.1 Å². The summed E-state index contributed by atoms with van der Waals surface area (Å²) in [5.41, 5.74) is 2.86. The molecule has 0 amide bonds. The van der Waals surface area contributed by atoms with Crippen LogP contribution in [0.2, 0.25) is 5.02 Å². The van der Waals surface area contributed by atoms with E-state index in [-0.39, 0.29) is 6.79 Å². The summed E-state index contributed by atoms with van der Waals surface area (Å²) in [7, 11) is 0. The van der Waals surface area contributed by atoms with E-state index in [2.05, 4.69) is 25.8 Å². The van der Waals surface area contributed by atoms with Gasteiger partial charge in [-0.25, -0.2) is 0 Å². The Labute approximate surface area is 155 Å². The Morgan fingerprint density at radius 1 is 1.12 bits per heavy atom. The summed E-state index contributed by atoms with van der Waals surface area (Å²) in [6.07, 6.45) is 1.57. The van der Waals surface area contributed by atoms with Gasteiger partial charge in [-0.15, -0.1) is 5.10 Å². The number of rotatable bonds is 5. The lowest BCUT2D eigenvalue weighted by Gasteiger charge is -2.09. The Bertz CT molecular complexity index is 951. The zero-order valence-corrected chi connectivity index (χ0v) is 14.7. The zero-order chi connectivity index (χ0) is 17.9. The molecule has 7 nitrogen and oxygen atoms in total. The van der Waals surface area contributed by atoms with E-state index in [9.17, 15) is 0 Å². The van der Waals surface area contributed by atoms with Gasteiger partial charge in [-0.05, 0) is 42.3 Å². The first-order valence-electron chi connectivity index (χ1n) is 8.03. The number of hydrogen-bond acceptors (Lipinski definition) is 7. The van der Waals surface area contributed by atoms with E-state index in [0.29, 0.717) is 23.3 Å². The number of nitrogens with one attached hydrogen (secondary N) is 2. The smallest absolute Gasteiger partial charge is 0.249 e. The highest BCUT2D eigenvalue weighted by molar-refractivity contribution is 6.31. The largest absolute Gasteiger partial charge is 0.454 e. The summed E-state index contributed by atoms with van der Waals surface area (Å²) in [6.45, 7) is 2.79. The second kappa shape index (κ2) is 7.05. The van der Waals surface area contributed by atoms with E-state index in [1.165, 1.54) is 0 Å². The second-order valence-electron chi connectivity index (χ2n) is 5.80. The van der Waals surface area contributed by atoms with Crippen LogP contribution in [-0.2, 0) is 6.54 Å². The van der Waals surface area contributed by atoms with Crippen molar-refractivity contribution in [3.05, 3.63) is 58.7 Å². The van der Waals surface area contributed by atoms with Gasteiger partial charge in [0.1, 0.15) is 0 Å². The lowest BCUT2D eigenvalue weighted by molar-refractivity contribution is 0.174. The number of hydrogen-bond donors (Lipinski definition) is 2. The molecule has 26 heavy (non-hydrogen) atoms. The third kappa shape index (κ3) is 3.62. The molecule has 0 radical (unpaired) electrons. The Balaban J connectivity index is 1.43. The zero-order valence-electron chi connectivity index (χ0n) is 14.0. The van der Waals surface area contributed by atoms with E-state index in [1.54, 1.807) is 6.20 Å². The lowest BCUT2D eigenvalue weighted by atomic mass is 10.2. The van der Waals surface area contributed by atoms with Crippen molar-refractivity contribution in [1.82, 2.24) is 15.2 Å². The number of nitrogens with zero attached hydrogens (tertiary/aromatic N) is 3. The molecule has 0 bridgehead atoms. The van der Waals surface area contributed by atoms with Crippen LogP contribution in [0, 0.1) is 6.92 Å². The molecule has 0 fully saturated rings. The first-order valence-corrected chi connectivity index (χ1v) is 8.40. The van der Waals surface area contributed by atoms with Crippen LogP contribution in [0.15, 0.2) is 42.6 Å². The first kappa shape index (κ1) is 16.4. The van der Waals surface area contributed by atoms with Gasteiger partial charge >= 0.3 is 0 Å². The number of benzene rings is 2. The minimum Gasteiger partial charge on any atom is -0.454 e. The van der Waals surface area contributed by atoms with Gasteiger partial charge < -0.3 is 20.1 Å². The van der Waals surface area contributed by atoms with Crippen LogP contribution in [0.5, 0.6) is 11.5 Å². The average Bonchev–Trinajstić information content (AvgIpc) is 3.11. The normalized spacial score (nSPS) is 12.1. The predicted molar refractivity (Wildman–Crippen MR) is 99.2 cm³/mol. The maximum atomic E-state index is 6.14. The van der Waals surface area contributed by atoms with Crippen molar-refractivity contribution in [3.63, 3.8) is 0 Å². The molecule has 0 aliphatic carbocycles. The molecule has 132 valence electrons. The first-order chi connectivity index (χ1) is 12.7. The molecule has 2 aromatic carbocycles. The SMILES string of the molecule is Cc1ccc(Nc2nncc(NCc3ccc4c(c3)OCO4)n2)cc1Cl. The lowest BCUT2D eigenvalue weighted by Crippen LogP contribution is -2.05. The number of aryl methyl sites for hydroxylation is 1. The van der Waals surface area contributed by atoms with E-state index >= 15 is 0 Å². The minimum absolute atomic E-state index is 0.264. The van der Waals surface area contributed by atoms with Crippen LogP contribution in [0.1, 0.15) is 11.1 Å². The molecule has 2 N–H and O–H groups in total. The summed E-state index contributed by atoms with van der Waals surface area (Å²) in [5.74, 6) is 2.52. The van der Waals surface area contributed by atoms with Crippen molar-refractivity contribution < 1.29 is 9.47 Å². The Hall–Kier alpha value is -3.06. The third-order valence-corrected chi connectivity index (χ3v) is 4.30. The molecule has 8 heteroatoms. The van der Waals surface area contributed by atoms with Gasteiger partial charge in [0.05, 0.1) is 6.20 Å². The molecule has 0 spiro atoms. The van der Waals surface area contributed by atoms with Gasteiger partial charge in [-0.2, -0.15) is 10.1 Å². The molecular formula is C18H16ClN5O2. The molecule has 0 atom stereocenters. The van der Waals surface area contributed by atoms with Crippen molar-refractivity contribution in [2.45, 2.75) is 13.5 Å². The summed E-state index contributed by atoms with van der Waals surface area (Å²) in [6, 6.07) is 11.5. The Kier molecular flexibility index (Phi) is 4.45. The number of ether oxygens (including phenoxy) is 2. The standard InChI is InChI=1S/C18H16ClN5O2/c1-11-2-4-13(7-14(11)19)22-18-23-17(9-21-24-18)20-8-12-3-5-15-16(6-12)26-10-25-15/h2-7,9H,8,10H2,1H3,(H2,20,22,23,24). The average molecular weight is 370 g/mol. The van der Waals surface area contributed by atoms with Crippen LogP contribution >= 0.6 is 11.6 Å². The van der Waals surface area contributed by atoms with E-state index in [4.69, 9.17) is 21.1 Å². The Morgan fingerprint density at radius 2 is 2.00 bits per heavy atom. The maximum absolute atomic E-state index is 6.14. The summed E-state index contributed by atoms with van der Waals surface area (Å²) >= 11 is 6.14. The van der Waals surface area contributed by atoms with Gasteiger partial charge in [-0.3, -0.25) is 0 Å². The number of anilines is 3. The van der Waals surface area contributed by atoms with Gasteiger partial charge in [0.15, 0.2) is 17.3 Å². The van der Waals surface area contributed by atoms with E-state index in [1.807, 2.05) is 43.3 Å². The van der Waals surface area contributed by atoms with Crippen LogP contribution in [-0.4, -0.2) is 22.0 Å². The van der Waals surface area contributed by atoms with Crippen molar-refractivity contribution in [3.8, 4) is 11.5 Å². The summed E-state index contributed by atoms with van der Waals surface area (Å²) in [4.78, 5) is 4.41. The maximum Gasteiger partial charge on any atom is 0.249 e. The van der Waals surface area contributed by atoms with Gasteiger partial charge in [0, 0.05) is 17.3 Å². The topological polar surface area (TPSA) is 81.2 Å². The third-order valence-electron chi connectivity index (χ3n) is 3.90. The van der Waals surface area contributed by atoms with Crippen molar-refractivity contribution in [1.29, 1.82) is 0 Å². The summed E-state index contributed by atoms with van der Waals surface area (Å²) < 4.78 is 10.7. The van der Waals surface area contributed by atoms with Crippen LogP contribution < -0.4 is 20.1 Å². The second-order valence-corrected chi connectivity index (χ2v) is 6.20. The van der Waals surface area contributed by atoms with Gasteiger partial charge in [0.25, 0.3) is 0 Å². The van der Waals surface area contributed by atoms with Crippen LogP contribution in [0.4, 0.5) is 17.5 Å². The molecule has 1 aliphatic rings. The van der Waals surface area contributed by atoms with Crippen LogP contribution in [0.25, 0.3) is 0 Å². The quantitative estimate of drug-likeness (QED) is 0.705. The molecule has 1 aromatic heterocycles. The predicted octanol–water partition coefficient (Wildman–Crippen LogP) is 3.92. The highest BCUT2D eigenvalue weighted by atomic mass is 35.5. The fourth-order valence-corrected chi connectivity index (χ4v) is 2.67. The summed E-state index contributed by atoms with van der Waals surface area (Å²) in [5, 5.41) is 15.0. The fraction of sp³-hybridized carbons (Fsp3) is 0.167. The molecule has 0 saturated heterocycles. The van der Waals surface area contributed by atoms with Crippen molar-refractivity contribution in [2.75, 3.05) is 17.4 Å². The van der Waals surface area contributed by atoms with E-state index < -0.39 is 0 Å². The molecular weight excluding hydrogens is 354 g/mol. The van der Waals surface area contributed by atoms with Crippen LogP contribution in [0.3, 0.4) is 0 Å². The highest BCUT2D eigenvalue weighted by Crippen LogP contribution is 2.32. The van der Waals surface area contributed by atoms with Gasteiger partial charge in [0.2, 0.25) is 12.7 Å². The van der Waals surface area contributed by atoms with E-state index in [0.717, 1.165) is 28.3 Å².